The summed E-state index contributed by atoms with van der Waals surface area (Å²) in [6.07, 6.45) is 5.53. The Bertz CT molecular complexity index is 633. The lowest BCUT2D eigenvalue weighted by Crippen LogP contribution is -2.05. The van der Waals surface area contributed by atoms with Crippen molar-refractivity contribution in [1.29, 1.82) is 0 Å². The van der Waals surface area contributed by atoms with Gasteiger partial charge in [-0.15, -0.1) is 17.9 Å². The van der Waals surface area contributed by atoms with Crippen LogP contribution in [0.3, 0.4) is 0 Å². The average molecular weight is 291 g/mol. The van der Waals surface area contributed by atoms with Gasteiger partial charge < -0.3 is 5.73 Å². The Morgan fingerprint density at radius 1 is 1.53 bits per heavy atom. The molecule has 0 saturated heterocycles. The quantitative estimate of drug-likeness (QED) is 0.528. The van der Waals surface area contributed by atoms with Crippen LogP contribution in [-0.2, 0) is 6.42 Å². The Kier molecular flexibility index (Phi) is 3.50. The van der Waals surface area contributed by atoms with Gasteiger partial charge in [-0.05, 0) is 30.7 Å². The summed E-state index contributed by atoms with van der Waals surface area (Å²) >= 11 is 3.38. The molecule has 0 unspecified atom stereocenters. The number of aromatic nitrogens is 2. The standard InChI is InChI=1S/C14H17N3S2/c1-3-7-18-14-16-12(15)11-10-8(2)5-4-6-9(10)19-13(11)17-14/h3,8H,1,4-7H2,2H3,(H2,15,16,17)/t8-/m1/s1. The van der Waals surface area contributed by atoms with Crippen molar-refractivity contribution < 1.29 is 0 Å². The van der Waals surface area contributed by atoms with Crippen molar-refractivity contribution in [3.05, 3.63) is 23.1 Å². The van der Waals surface area contributed by atoms with Gasteiger partial charge in [0.05, 0.1) is 5.39 Å². The summed E-state index contributed by atoms with van der Waals surface area (Å²) in [5.41, 5.74) is 7.58. The van der Waals surface area contributed by atoms with Crippen LogP contribution >= 0.6 is 23.1 Å². The van der Waals surface area contributed by atoms with Gasteiger partial charge in [-0.2, -0.15) is 0 Å². The van der Waals surface area contributed by atoms with E-state index in [0.717, 1.165) is 27.5 Å². The highest BCUT2D eigenvalue weighted by atomic mass is 32.2. The number of rotatable bonds is 3. The van der Waals surface area contributed by atoms with Gasteiger partial charge in [0.2, 0.25) is 0 Å². The molecule has 1 atom stereocenters. The maximum Gasteiger partial charge on any atom is 0.191 e. The molecule has 0 bridgehead atoms. The predicted molar refractivity (Wildman–Crippen MR) is 84.1 cm³/mol. The average Bonchev–Trinajstić information content (AvgIpc) is 2.76. The van der Waals surface area contributed by atoms with Crippen LogP contribution in [0, 0.1) is 0 Å². The van der Waals surface area contributed by atoms with Gasteiger partial charge in [0.25, 0.3) is 0 Å². The van der Waals surface area contributed by atoms with E-state index in [-0.39, 0.29) is 0 Å². The van der Waals surface area contributed by atoms with Crippen LogP contribution in [0.5, 0.6) is 0 Å². The zero-order valence-electron chi connectivity index (χ0n) is 11.0. The minimum Gasteiger partial charge on any atom is -0.383 e. The highest BCUT2D eigenvalue weighted by Gasteiger charge is 2.24. The van der Waals surface area contributed by atoms with Gasteiger partial charge in [0, 0.05) is 10.6 Å². The number of aryl methyl sites for hydroxylation is 1. The summed E-state index contributed by atoms with van der Waals surface area (Å²) < 4.78 is 0. The lowest BCUT2D eigenvalue weighted by atomic mass is 9.87. The molecule has 0 spiro atoms. The van der Waals surface area contributed by atoms with Gasteiger partial charge >= 0.3 is 0 Å². The maximum atomic E-state index is 6.18. The number of nitrogens with zero attached hydrogens (tertiary/aromatic N) is 2. The Labute approximate surface area is 121 Å². The van der Waals surface area contributed by atoms with E-state index in [1.165, 1.54) is 23.3 Å². The third kappa shape index (κ3) is 2.25. The van der Waals surface area contributed by atoms with E-state index >= 15 is 0 Å². The Balaban J connectivity index is 2.14. The molecule has 0 aromatic carbocycles. The molecule has 2 heterocycles. The van der Waals surface area contributed by atoms with E-state index < -0.39 is 0 Å². The molecule has 1 aliphatic rings. The van der Waals surface area contributed by atoms with Crippen LogP contribution in [0.15, 0.2) is 17.8 Å². The Morgan fingerprint density at radius 2 is 2.37 bits per heavy atom. The molecule has 2 N–H and O–H groups in total. The first kappa shape index (κ1) is 12.9. The number of thiophene rings is 1. The molecular weight excluding hydrogens is 274 g/mol. The second kappa shape index (κ2) is 5.13. The largest absolute Gasteiger partial charge is 0.383 e. The summed E-state index contributed by atoms with van der Waals surface area (Å²) in [5, 5.41) is 1.87. The van der Waals surface area contributed by atoms with E-state index in [1.807, 2.05) is 6.08 Å². The molecule has 0 saturated carbocycles. The van der Waals surface area contributed by atoms with Gasteiger partial charge in [-0.25, -0.2) is 9.97 Å². The smallest absolute Gasteiger partial charge is 0.191 e. The molecule has 100 valence electrons. The van der Waals surface area contributed by atoms with Gasteiger partial charge in [-0.1, -0.05) is 24.8 Å². The van der Waals surface area contributed by atoms with Gasteiger partial charge in [-0.3, -0.25) is 0 Å². The second-order valence-corrected chi connectivity index (χ2v) is 6.97. The Morgan fingerprint density at radius 3 is 3.16 bits per heavy atom. The first-order valence-corrected chi connectivity index (χ1v) is 8.33. The number of nitrogens with two attached hydrogens (primary N) is 1. The first-order valence-electron chi connectivity index (χ1n) is 6.53. The minimum atomic E-state index is 0.579. The molecule has 1 aliphatic carbocycles. The third-order valence-corrected chi connectivity index (χ3v) is 5.54. The normalized spacial score (nSPS) is 18.5. The zero-order chi connectivity index (χ0) is 13.4. The van der Waals surface area contributed by atoms with Gasteiger partial charge in [0.1, 0.15) is 10.6 Å². The van der Waals surface area contributed by atoms with Crippen LogP contribution in [0.25, 0.3) is 10.2 Å². The van der Waals surface area contributed by atoms with Crippen molar-refractivity contribution in [1.82, 2.24) is 9.97 Å². The van der Waals surface area contributed by atoms with Crippen LogP contribution < -0.4 is 5.73 Å². The third-order valence-electron chi connectivity index (χ3n) is 3.54. The number of hydrogen-bond acceptors (Lipinski definition) is 5. The maximum absolute atomic E-state index is 6.18. The van der Waals surface area contributed by atoms with Crippen molar-refractivity contribution in [3.63, 3.8) is 0 Å². The number of nitrogen functional groups attached to an aromatic ring is 1. The fourth-order valence-corrected chi connectivity index (χ4v) is 4.68. The molecular formula is C14H17N3S2. The summed E-state index contributed by atoms with van der Waals surface area (Å²) in [6.45, 7) is 6.00. The predicted octanol–water partition coefficient (Wildman–Crippen LogP) is 3.99. The van der Waals surface area contributed by atoms with Crippen molar-refractivity contribution >= 4 is 39.1 Å². The highest BCUT2D eigenvalue weighted by molar-refractivity contribution is 7.99. The minimum absolute atomic E-state index is 0.579. The monoisotopic (exact) mass is 291 g/mol. The van der Waals surface area contributed by atoms with E-state index in [4.69, 9.17) is 5.73 Å². The van der Waals surface area contributed by atoms with Crippen LogP contribution in [0.4, 0.5) is 5.82 Å². The molecule has 0 aliphatic heterocycles. The van der Waals surface area contributed by atoms with E-state index in [1.54, 1.807) is 23.1 Å². The molecule has 0 amide bonds. The fourth-order valence-electron chi connectivity index (χ4n) is 2.69. The van der Waals surface area contributed by atoms with Crippen molar-refractivity contribution in [2.75, 3.05) is 11.5 Å². The lowest BCUT2D eigenvalue weighted by Gasteiger charge is -2.18. The number of anilines is 1. The molecule has 5 heteroatoms. The highest BCUT2D eigenvalue weighted by Crippen LogP contribution is 2.43. The summed E-state index contributed by atoms with van der Waals surface area (Å²) in [5.74, 6) is 2.03. The molecule has 19 heavy (non-hydrogen) atoms. The fraction of sp³-hybridized carbons (Fsp3) is 0.429. The van der Waals surface area contributed by atoms with E-state index in [2.05, 4.69) is 23.5 Å². The SMILES string of the molecule is C=CCSc1nc(N)c2c3c(sc2n1)CCC[C@H]3C. The molecule has 0 fully saturated rings. The van der Waals surface area contributed by atoms with Crippen LogP contribution in [0.2, 0.25) is 0 Å². The van der Waals surface area contributed by atoms with Gasteiger partial charge in [0.15, 0.2) is 5.16 Å². The van der Waals surface area contributed by atoms with E-state index in [9.17, 15) is 0 Å². The number of hydrogen-bond donors (Lipinski definition) is 1. The van der Waals surface area contributed by atoms with Crippen molar-refractivity contribution in [2.24, 2.45) is 0 Å². The zero-order valence-corrected chi connectivity index (χ0v) is 12.6. The summed E-state index contributed by atoms with van der Waals surface area (Å²) in [7, 11) is 0. The summed E-state index contributed by atoms with van der Waals surface area (Å²) in [6, 6.07) is 0. The van der Waals surface area contributed by atoms with Crippen molar-refractivity contribution in [3.8, 4) is 0 Å². The van der Waals surface area contributed by atoms with Crippen LogP contribution in [0.1, 0.15) is 36.1 Å². The second-order valence-electron chi connectivity index (χ2n) is 4.90. The molecule has 2 aromatic rings. The molecule has 0 radical (unpaired) electrons. The summed E-state index contributed by atoms with van der Waals surface area (Å²) in [4.78, 5) is 11.6. The first-order chi connectivity index (χ1) is 9.20. The molecule has 3 nitrogen and oxygen atoms in total. The van der Waals surface area contributed by atoms with Crippen LogP contribution in [-0.4, -0.2) is 15.7 Å². The Hall–Kier alpha value is -1.07. The van der Waals surface area contributed by atoms with Crippen molar-refractivity contribution in [2.45, 2.75) is 37.3 Å². The van der Waals surface area contributed by atoms with E-state index in [0.29, 0.717) is 11.7 Å². The molecule has 3 rings (SSSR count). The topological polar surface area (TPSA) is 51.8 Å². The number of fused-ring (bicyclic) bond motifs is 3. The lowest BCUT2D eigenvalue weighted by molar-refractivity contribution is 0.602. The molecule has 2 aromatic heterocycles. The number of thioether (sulfide) groups is 1.